The van der Waals surface area contributed by atoms with Crippen LogP contribution in [0.25, 0.3) is 10.8 Å². The number of pyridine rings is 1. The normalized spacial score (nSPS) is 15.2. The van der Waals surface area contributed by atoms with Crippen molar-refractivity contribution in [2.24, 2.45) is 0 Å². The van der Waals surface area contributed by atoms with Crippen LogP contribution in [0.5, 0.6) is 11.5 Å². The Morgan fingerprint density at radius 3 is 2.38 bits per heavy atom. The van der Waals surface area contributed by atoms with Crippen LogP contribution in [0.2, 0.25) is 0 Å². The van der Waals surface area contributed by atoms with Crippen LogP contribution in [0.15, 0.2) is 42.9 Å². The molecule has 0 unspecified atom stereocenters. The zero-order valence-corrected chi connectivity index (χ0v) is 15.1. The van der Waals surface area contributed by atoms with E-state index in [4.69, 9.17) is 9.47 Å². The average molecular weight is 350 g/mol. The van der Waals surface area contributed by atoms with E-state index in [1.165, 1.54) is 5.56 Å². The highest BCUT2D eigenvalue weighted by Crippen LogP contribution is 2.37. The number of fused-ring (bicyclic) bond motifs is 1. The molecule has 1 aliphatic rings. The van der Waals surface area contributed by atoms with Crippen LogP contribution >= 0.6 is 0 Å². The Bertz CT molecular complexity index is 893. The van der Waals surface area contributed by atoms with Crippen LogP contribution < -0.4 is 14.4 Å². The molecule has 0 saturated carbocycles. The molecule has 0 N–H and O–H groups in total. The first-order chi connectivity index (χ1) is 12.8. The van der Waals surface area contributed by atoms with E-state index < -0.39 is 0 Å². The fraction of sp³-hybridized carbons (Fsp3) is 0.350. The maximum Gasteiger partial charge on any atom is 0.161 e. The number of aromatic nitrogens is 3. The van der Waals surface area contributed by atoms with E-state index in [9.17, 15) is 0 Å². The predicted octanol–water partition coefficient (Wildman–Crippen LogP) is 3.43. The Labute approximate surface area is 152 Å². The number of rotatable bonds is 4. The molecule has 0 aliphatic carbocycles. The van der Waals surface area contributed by atoms with Crippen LogP contribution in [0, 0.1) is 0 Å². The zero-order chi connectivity index (χ0) is 17.9. The molecule has 1 aromatic carbocycles. The lowest BCUT2D eigenvalue weighted by molar-refractivity contribution is 0.356. The van der Waals surface area contributed by atoms with Gasteiger partial charge in [-0.15, -0.1) is 5.10 Å². The third-order valence-corrected chi connectivity index (χ3v) is 5.12. The van der Waals surface area contributed by atoms with Crippen LogP contribution in [0.3, 0.4) is 0 Å². The van der Waals surface area contributed by atoms with Crippen molar-refractivity contribution in [3.8, 4) is 11.5 Å². The first kappa shape index (κ1) is 16.6. The summed E-state index contributed by atoms with van der Waals surface area (Å²) in [6.45, 7) is 1.91. The summed E-state index contributed by atoms with van der Waals surface area (Å²) in [5, 5.41) is 10.7. The van der Waals surface area contributed by atoms with Gasteiger partial charge in [0.25, 0.3) is 0 Å². The van der Waals surface area contributed by atoms with Gasteiger partial charge in [-0.3, -0.25) is 4.98 Å². The van der Waals surface area contributed by atoms with Gasteiger partial charge in [0.2, 0.25) is 0 Å². The highest BCUT2D eigenvalue weighted by Gasteiger charge is 2.23. The van der Waals surface area contributed by atoms with Gasteiger partial charge in [-0.1, -0.05) is 0 Å². The third-order valence-electron chi connectivity index (χ3n) is 5.12. The molecule has 26 heavy (non-hydrogen) atoms. The van der Waals surface area contributed by atoms with Crippen LogP contribution in [-0.2, 0) is 0 Å². The Morgan fingerprint density at radius 2 is 1.69 bits per heavy atom. The monoisotopic (exact) mass is 350 g/mol. The van der Waals surface area contributed by atoms with E-state index in [0.29, 0.717) is 17.4 Å². The second kappa shape index (κ2) is 7.15. The molecule has 1 aliphatic heterocycles. The predicted molar refractivity (Wildman–Crippen MR) is 101 cm³/mol. The van der Waals surface area contributed by atoms with Gasteiger partial charge in [0, 0.05) is 36.3 Å². The van der Waals surface area contributed by atoms with Crippen LogP contribution in [0.4, 0.5) is 5.82 Å². The molecule has 3 heterocycles. The molecule has 6 heteroatoms. The van der Waals surface area contributed by atoms with Gasteiger partial charge < -0.3 is 14.4 Å². The van der Waals surface area contributed by atoms with E-state index in [1.54, 1.807) is 20.4 Å². The molecule has 134 valence electrons. The summed E-state index contributed by atoms with van der Waals surface area (Å²) >= 11 is 0. The molecular formula is C20H22N4O2. The molecule has 0 spiro atoms. The third kappa shape index (κ3) is 3.03. The SMILES string of the molecule is COc1cc2cnnc(N3CCC(c4ccncc4)CC3)c2cc1OC. The molecule has 2 aromatic heterocycles. The number of anilines is 1. The molecule has 3 aromatic rings. The smallest absolute Gasteiger partial charge is 0.161 e. The van der Waals surface area contributed by atoms with E-state index in [2.05, 4.69) is 32.2 Å². The van der Waals surface area contributed by atoms with E-state index in [0.717, 1.165) is 42.5 Å². The number of piperidine rings is 1. The number of hydrogen-bond donors (Lipinski definition) is 0. The number of methoxy groups -OCH3 is 2. The van der Waals surface area contributed by atoms with Crippen molar-refractivity contribution >= 4 is 16.6 Å². The van der Waals surface area contributed by atoms with Crippen molar-refractivity contribution < 1.29 is 9.47 Å². The first-order valence-electron chi connectivity index (χ1n) is 8.82. The standard InChI is InChI=1S/C20H22N4O2/c1-25-18-11-16-13-22-23-20(17(16)12-19(18)26-2)24-9-5-15(6-10-24)14-3-7-21-8-4-14/h3-4,7-8,11-13,15H,5-6,9-10H2,1-2H3. The molecule has 0 bridgehead atoms. The maximum absolute atomic E-state index is 5.46. The summed E-state index contributed by atoms with van der Waals surface area (Å²) in [6, 6.07) is 8.19. The Balaban J connectivity index is 1.61. The summed E-state index contributed by atoms with van der Waals surface area (Å²) in [7, 11) is 3.29. The van der Waals surface area contributed by atoms with E-state index in [-0.39, 0.29) is 0 Å². The number of nitrogens with zero attached hydrogens (tertiary/aromatic N) is 4. The zero-order valence-electron chi connectivity index (χ0n) is 15.1. The molecule has 4 rings (SSSR count). The summed E-state index contributed by atoms with van der Waals surface area (Å²) in [4.78, 5) is 6.43. The molecule has 1 saturated heterocycles. The van der Waals surface area contributed by atoms with Crippen molar-refractivity contribution in [1.29, 1.82) is 0 Å². The molecule has 0 atom stereocenters. The van der Waals surface area contributed by atoms with Gasteiger partial charge in [0.1, 0.15) is 0 Å². The van der Waals surface area contributed by atoms with Crippen molar-refractivity contribution in [3.05, 3.63) is 48.4 Å². The van der Waals surface area contributed by atoms with Gasteiger partial charge >= 0.3 is 0 Å². The molecule has 0 radical (unpaired) electrons. The summed E-state index contributed by atoms with van der Waals surface area (Å²) in [5.41, 5.74) is 1.37. The molecular weight excluding hydrogens is 328 g/mol. The van der Waals surface area contributed by atoms with Gasteiger partial charge in [-0.25, -0.2) is 0 Å². The minimum absolute atomic E-state index is 0.576. The maximum atomic E-state index is 5.46. The Hall–Kier alpha value is -2.89. The van der Waals surface area contributed by atoms with Crippen molar-refractivity contribution in [3.63, 3.8) is 0 Å². The second-order valence-corrected chi connectivity index (χ2v) is 6.50. The Morgan fingerprint density at radius 1 is 1.00 bits per heavy atom. The van der Waals surface area contributed by atoms with Crippen LogP contribution in [-0.4, -0.2) is 42.5 Å². The van der Waals surface area contributed by atoms with Crippen molar-refractivity contribution in [1.82, 2.24) is 15.2 Å². The average Bonchev–Trinajstić information content (AvgIpc) is 2.73. The summed E-state index contributed by atoms with van der Waals surface area (Å²) in [5.74, 6) is 2.90. The van der Waals surface area contributed by atoms with E-state index in [1.807, 2.05) is 24.5 Å². The second-order valence-electron chi connectivity index (χ2n) is 6.50. The lowest BCUT2D eigenvalue weighted by Gasteiger charge is -2.33. The van der Waals surface area contributed by atoms with Gasteiger partial charge in [0.15, 0.2) is 17.3 Å². The number of ether oxygens (including phenoxy) is 2. The lowest BCUT2D eigenvalue weighted by Crippen LogP contribution is -2.33. The highest BCUT2D eigenvalue weighted by atomic mass is 16.5. The summed E-state index contributed by atoms with van der Waals surface area (Å²) in [6.07, 6.45) is 7.70. The quantitative estimate of drug-likeness (QED) is 0.718. The minimum atomic E-state index is 0.576. The topological polar surface area (TPSA) is 60.4 Å². The van der Waals surface area contributed by atoms with Gasteiger partial charge in [-0.2, -0.15) is 5.10 Å². The van der Waals surface area contributed by atoms with Crippen molar-refractivity contribution in [2.75, 3.05) is 32.2 Å². The number of benzene rings is 1. The molecule has 6 nitrogen and oxygen atoms in total. The van der Waals surface area contributed by atoms with Gasteiger partial charge in [-0.05, 0) is 48.6 Å². The first-order valence-corrected chi connectivity index (χ1v) is 8.82. The fourth-order valence-electron chi connectivity index (χ4n) is 3.69. The van der Waals surface area contributed by atoms with Crippen LogP contribution in [0.1, 0.15) is 24.3 Å². The summed E-state index contributed by atoms with van der Waals surface area (Å²) < 4.78 is 10.9. The largest absolute Gasteiger partial charge is 0.493 e. The molecule has 1 fully saturated rings. The Kier molecular flexibility index (Phi) is 4.56. The van der Waals surface area contributed by atoms with Crippen molar-refractivity contribution in [2.45, 2.75) is 18.8 Å². The van der Waals surface area contributed by atoms with E-state index >= 15 is 0 Å². The van der Waals surface area contributed by atoms with Gasteiger partial charge in [0.05, 0.1) is 20.4 Å². The highest BCUT2D eigenvalue weighted by molar-refractivity contribution is 5.94. The molecule has 0 amide bonds. The number of hydrogen-bond acceptors (Lipinski definition) is 6. The fourth-order valence-corrected chi connectivity index (χ4v) is 3.69. The minimum Gasteiger partial charge on any atom is -0.493 e. The lowest BCUT2D eigenvalue weighted by atomic mass is 9.90.